The number of aromatic carboxylic acids is 1. The summed E-state index contributed by atoms with van der Waals surface area (Å²) in [6.07, 6.45) is 2.72. The fourth-order valence-corrected chi connectivity index (χ4v) is 1.92. The molecule has 0 saturated carbocycles. The maximum atomic E-state index is 11.8. The van der Waals surface area contributed by atoms with Crippen molar-refractivity contribution in [2.24, 2.45) is 0 Å². The van der Waals surface area contributed by atoms with Crippen LogP contribution >= 0.6 is 11.8 Å². The number of hydrogen-bond donors (Lipinski definition) is 2. The number of nitrogens with one attached hydrogen (secondary N) is 1. The van der Waals surface area contributed by atoms with Gasteiger partial charge in [0, 0.05) is 24.2 Å². The number of nitro benzene ring substituents is 1. The molecule has 0 radical (unpaired) electrons. The number of carboxylic acid groups (broad SMARTS) is 1. The van der Waals surface area contributed by atoms with Gasteiger partial charge in [-0.2, -0.15) is 11.8 Å². The van der Waals surface area contributed by atoms with Gasteiger partial charge in [-0.3, -0.25) is 14.9 Å². The molecule has 0 unspecified atom stereocenters. The summed E-state index contributed by atoms with van der Waals surface area (Å²) in [4.78, 5) is 32.7. The van der Waals surface area contributed by atoms with Crippen LogP contribution in [0.5, 0.6) is 0 Å². The van der Waals surface area contributed by atoms with Gasteiger partial charge in [0.2, 0.25) is 0 Å². The molecule has 0 heterocycles. The zero-order chi connectivity index (χ0) is 15.1. The quantitative estimate of drug-likeness (QED) is 0.451. The van der Waals surface area contributed by atoms with E-state index >= 15 is 0 Å². The normalized spacial score (nSPS) is 10.1. The number of non-ortho nitro benzene ring substituents is 1. The maximum Gasteiger partial charge on any atom is 0.335 e. The summed E-state index contributed by atoms with van der Waals surface area (Å²) in [6, 6.07) is 3.11. The Morgan fingerprint density at radius 1 is 1.35 bits per heavy atom. The van der Waals surface area contributed by atoms with E-state index in [0.717, 1.165) is 30.4 Å². The fourth-order valence-electron chi connectivity index (χ4n) is 1.49. The lowest BCUT2D eigenvalue weighted by molar-refractivity contribution is -0.384. The van der Waals surface area contributed by atoms with Crippen LogP contribution in [0.4, 0.5) is 5.69 Å². The molecule has 1 aromatic carbocycles. The van der Waals surface area contributed by atoms with Crippen molar-refractivity contribution < 1.29 is 19.6 Å². The van der Waals surface area contributed by atoms with Crippen molar-refractivity contribution in [2.75, 3.05) is 18.6 Å². The Morgan fingerprint density at radius 3 is 2.55 bits per heavy atom. The Balaban J connectivity index is 2.90. The van der Waals surface area contributed by atoms with Crippen molar-refractivity contribution in [3.05, 3.63) is 39.4 Å². The van der Waals surface area contributed by atoms with E-state index in [9.17, 15) is 19.7 Å². The number of thioether (sulfide) groups is 1. The van der Waals surface area contributed by atoms with Gasteiger partial charge in [0.1, 0.15) is 0 Å². The molecule has 8 heteroatoms. The Morgan fingerprint density at radius 2 is 2.00 bits per heavy atom. The number of nitrogens with zero attached hydrogens (tertiary/aromatic N) is 1. The molecular formula is C12H14N2O5S. The van der Waals surface area contributed by atoms with Crippen LogP contribution in [-0.2, 0) is 0 Å². The first kappa shape index (κ1) is 16.0. The highest BCUT2D eigenvalue weighted by atomic mass is 32.2. The van der Waals surface area contributed by atoms with Gasteiger partial charge in [-0.05, 0) is 24.5 Å². The topological polar surface area (TPSA) is 110 Å². The number of benzene rings is 1. The molecule has 7 nitrogen and oxygen atoms in total. The summed E-state index contributed by atoms with van der Waals surface area (Å²) in [7, 11) is 0. The van der Waals surface area contributed by atoms with Crippen molar-refractivity contribution >= 4 is 29.3 Å². The molecule has 2 N–H and O–H groups in total. The Hall–Kier alpha value is -2.09. The van der Waals surface area contributed by atoms with Gasteiger partial charge in [-0.25, -0.2) is 4.79 Å². The standard InChI is InChI=1S/C12H14N2O5S/c1-20-4-2-3-13-11(15)8-5-9(12(16)17)7-10(6-8)14(18)19/h5-7H,2-4H2,1H3,(H,13,15)(H,16,17). The van der Waals surface area contributed by atoms with Crippen LogP contribution in [0, 0.1) is 10.1 Å². The minimum atomic E-state index is -1.31. The van der Waals surface area contributed by atoms with Crippen LogP contribution in [0.2, 0.25) is 0 Å². The van der Waals surface area contributed by atoms with Gasteiger partial charge in [0.25, 0.3) is 11.6 Å². The number of carboxylic acids is 1. The van der Waals surface area contributed by atoms with Crippen molar-refractivity contribution in [3.63, 3.8) is 0 Å². The lowest BCUT2D eigenvalue weighted by Crippen LogP contribution is -2.25. The molecule has 108 valence electrons. The molecular weight excluding hydrogens is 284 g/mol. The number of nitro groups is 1. The average Bonchev–Trinajstić information content (AvgIpc) is 2.42. The lowest BCUT2D eigenvalue weighted by Gasteiger charge is -2.05. The number of amides is 1. The lowest BCUT2D eigenvalue weighted by atomic mass is 10.1. The van der Waals surface area contributed by atoms with Crippen LogP contribution < -0.4 is 5.32 Å². The first-order valence-corrected chi connectivity index (χ1v) is 7.15. The van der Waals surface area contributed by atoms with E-state index in [1.807, 2.05) is 6.26 Å². The van der Waals surface area contributed by atoms with E-state index in [1.165, 1.54) is 0 Å². The third-order valence-electron chi connectivity index (χ3n) is 2.45. The second-order valence-corrected chi connectivity index (χ2v) is 4.92. The number of rotatable bonds is 7. The molecule has 1 aromatic rings. The summed E-state index contributed by atoms with van der Waals surface area (Å²) in [5.41, 5.74) is -0.728. The average molecular weight is 298 g/mol. The summed E-state index contributed by atoms with van der Waals surface area (Å²) in [5, 5.41) is 22.2. The van der Waals surface area contributed by atoms with Crippen LogP contribution in [0.15, 0.2) is 18.2 Å². The van der Waals surface area contributed by atoms with Gasteiger partial charge in [-0.15, -0.1) is 0 Å². The molecule has 0 aromatic heterocycles. The highest BCUT2D eigenvalue weighted by Crippen LogP contribution is 2.17. The zero-order valence-corrected chi connectivity index (χ0v) is 11.6. The fraction of sp³-hybridized carbons (Fsp3) is 0.333. The van der Waals surface area contributed by atoms with E-state index in [1.54, 1.807) is 11.8 Å². The molecule has 1 amide bonds. The first-order chi connectivity index (χ1) is 9.45. The molecule has 0 bridgehead atoms. The van der Waals surface area contributed by atoms with E-state index < -0.39 is 22.5 Å². The first-order valence-electron chi connectivity index (χ1n) is 5.75. The smallest absolute Gasteiger partial charge is 0.335 e. The molecule has 0 saturated heterocycles. The zero-order valence-electron chi connectivity index (χ0n) is 10.8. The third kappa shape index (κ3) is 4.54. The highest BCUT2D eigenvalue weighted by Gasteiger charge is 2.17. The summed E-state index contributed by atoms with van der Waals surface area (Å²) in [5.74, 6) is -0.947. The summed E-state index contributed by atoms with van der Waals surface area (Å²) < 4.78 is 0. The third-order valence-corrected chi connectivity index (χ3v) is 3.15. The number of carbonyl (C=O) groups excluding carboxylic acids is 1. The second-order valence-electron chi connectivity index (χ2n) is 3.93. The molecule has 0 fully saturated rings. The van der Waals surface area contributed by atoms with Crippen molar-refractivity contribution in [2.45, 2.75) is 6.42 Å². The van der Waals surface area contributed by atoms with E-state index in [0.29, 0.717) is 6.54 Å². The molecule has 0 spiro atoms. The predicted octanol–water partition coefficient (Wildman–Crippen LogP) is 1.78. The van der Waals surface area contributed by atoms with Gasteiger partial charge < -0.3 is 10.4 Å². The molecule has 0 aliphatic carbocycles. The monoisotopic (exact) mass is 298 g/mol. The van der Waals surface area contributed by atoms with E-state index in [4.69, 9.17) is 5.11 Å². The molecule has 0 aliphatic heterocycles. The minimum Gasteiger partial charge on any atom is -0.478 e. The van der Waals surface area contributed by atoms with E-state index in [2.05, 4.69) is 5.32 Å². The van der Waals surface area contributed by atoms with Gasteiger partial charge in [-0.1, -0.05) is 0 Å². The van der Waals surface area contributed by atoms with Crippen molar-refractivity contribution in [1.29, 1.82) is 0 Å². The second kappa shape index (κ2) is 7.49. The van der Waals surface area contributed by atoms with Crippen molar-refractivity contribution in [3.8, 4) is 0 Å². The minimum absolute atomic E-state index is 0.0271. The number of carbonyl (C=O) groups is 2. The van der Waals surface area contributed by atoms with Crippen LogP contribution in [0.1, 0.15) is 27.1 Å². The van der Waals surface area contributed by atoms with E-state index in [-0.39, 0.29) is 11.1 Å². The van der Waals surface area contributed by atoms with Gasteiger partial charge >= 0.3 is 5.97 Å². The van der Waals surface area contributed by atoms with Crippen molar-refractivity contribution in [1.82, 2.24) is 5.32 Å². The Labute approximate surface area is 119 Å². The maximum absolute atomic E-state index is 11.8. The SMILES string of the molecule is CSCCCNC(=O)c1cc(C(=O)O)cc([N+](=O)[O-])c1. The summed E-state index contributed by atoms with van der Waals surface area (Å²) >= 11 is 1.64. The van der Waals surface area contributed by atoms with Crippen LogP contribution in [0.3, 0.4) is 0 Å². The van der Waals surface area contributed by atoms with Gasteiger partial charge in [0.15, 0.2) is 0 Å². The van der Waals surface area contributed by atoms with Gasteiger partial charge in [0.05, 0.1) is 10.5 Å². The largest absolute Gasteiger partial charge is 0.478 e. The number of hydrogen-bond acceptors (Lipinski definition) is 5. The Bertz CT molecular complexity index is 500. The predicted molar refractivity (Wildman–Crippen MR) is 75.4 cm³/mol. The molecule has 0 aliphatic rings. The molecule has 0 atom stereocenters. The Kier molecular flexibility index (Phi) is 5.98. The van der Waals surface area contributed by atoms with Crippen LogP contribution in [-0.4, -0.2) is 40.5 Å². The summed E-state index contributed by atoms with van der Waals surface area (Å²) in [6.45, 7) is 0.435. The molecule has 1 rings (SSSR count). The van der Waals surface area contributed by atoms with Crippen LogP contribution in [0.25, 0.3) is 0 Å². The highest BCUT2D eigenvalue weighted by molar-refractivity contribution is 7.98. The molecule has 20 heavy (non-hydrogen) atoms.